The van der Waals surface area contributed by atoms with E-state index in [-0.39, 0.29) is 29.7 Å². The summed E-state index contributed by atoms with van der Waals surface area (Å²) in [4.78, 5) is 38.3. The molecule has 1 aromatic carbocycles. The third-order valence-corrected chi connectivity index (χ3v) is 5.21. The molecule has 0 spiro atoms. The first-order chi connectivity index (χ1) is 14.1. The van der Waals surface area contributed by atoms with Gasteiger partial charge < -0.3 is 5.32 Å². The van der Waals surface area contributed by atoms with Gasteiger partial charge in [-0.05, 0) is 31.0 Å². The largest absolute Gasteiger partial charge is 0.343 e. The van der Waals surface area contributed by atoms with Crippen molar-refractivity contribution in [1.29, 1.82) is 0 Å². The fraction of sp³-hybridized carbons (Fsp3) is 0.455. The number of aryl methyl sites for hydroxylation is 2. The van der Waals surface area contributed by atoms with E-state index in [0.29, 0.717) is 30.8 Å². The van der Waals surface area contributed by atoms with E-state index in [1.807, 2.05) is 39.8 Å². The van der Waals surface area contributed by atoms with Crippen LogP contribution in [-0.2, 0) is 17.3 Å². The third-order valence-electron chi connectivity index (χ3n) is 5.21. The zero-order valence-corrected chi connectivity index (χ0v) is 18.2. The molecule has 3 rings (SSSR count). The number of carbonyl (C=O) groups is 3. The average molecular weight is 412 g/mol. The van der Waals surface area contributed by atoms with Gasteiger partial charge in [0.2, 0.25) is 0 Å². The Labute approximate surface area is 176 Å². The molecule has 0 bridgehead atoms. The lowest BCUT2D eigenvalue weighted by atomic mass is 9.92. The molecular weight excluding hydrogens is 382 g/mol. The van der Waals surface area contributed by atoms with Gasteiger partial charge in [0.1, 0.15) is 5.69 Å². The van der Waals surface area contributed by atoms with Crippen LogP contribution in [0.3, 0.4) is 0 Å². The summed E-state index contributed by atoms with van der Waals surface area (Å²) in [6.07, 6.45) is 0.688. The molecule has 0 aliphatic carbocycles. The highest BCUT2D eigenvalue weighted by atomic mass is 16.2. The molecule has 0 unspecified atom stereocenters. The number of hydrogen-bond donors (Lipinski definition) is 1. The molecule has 2 heterocycles. The first-order valence-electron chi connectivity index (χ1n) is 10.1. The Morgan fingerprint density at radius 1 is 1.10 bits per heavy atom. The number of amides is 3. The van der Waals surface area contributed by atoms with Crippen LogP contribution in [0.1, 0.15) is 59.3 Å². The van der Waals surface area contributed by atoms with Gasteiger partial charge >= 0.3 is 0 Å². The maximum atomic E-state index is 13.1. The van der Waals surface area contributed by atoms with E-state index in [1.165, 1.54) is 10.0 Å². The molecular formula is C22H29N5O3. The van der Waals surface area contributed by atoms with Gasteiger partial charge in [0, 0.05) is 31.1 Å². The molecule has 1 saturated heterocycles. The van der Waals surface area contributed by atoms with Gasteiger partial charge in [-0.3, -0.25) is 19.1 Å². The highest BCUT2D eigenvalue weighted by Gasteiger charge is 2.33. The van der Waals surface area contributed by atoms with Crippen LogP contribution >= 0.6 is 0 Å². The fourth-order valence-electron chi connectivity index (χ4n) is 3.42. The number of benzene rings is 1. The van der Waals surface area contributed by atoms with E-state index >= 15 is 0 Å². The van der Waals surface area contributed by atoms with Crippen molar-refractivity contribution in [3.63, 3.8) is 0 Å². The summed E-state index contributed by atoms with van der Waals surface area (Å²) < 4.78 is 1.56. The van der Waals surface area contributed by atoms with E-state index in [4.69, 9.17) is 0 Å². The molecule has 1 aromatic heterocycles. The van der Waals surface area contributed by atoms with Crippen molar-refractivity contribution in [3.8, 4) is 0 Å². The van der Waals surface area contributed by atoms with Crippen LogP contribution in [0.5, 0.6) is 0 Å². The van der Waals surface area contributed by atoms with Gasteiger partial charge in [-0.25, -0.2) is 10.0 Å². The highest BCUT2D eigenvalue weighted by molar-refractivity contribution is 5.98. The smallest absolute Gasteiger partial charge is 0.290 e. The minimum atomic E-state index is -0.319. The van der Waals surface area contributed by atoms with Crippen LogP contribution in [0.15, 0.2) is 30.3 Å². The molecule has 160 valence electrons. The van der Waals surface area contributed by atoms with Gasteiger partial charge in [-0.15, -0.1) is 0 Å². The molecule has 3 amide bonds. The normalized spacial score (nSPS) is 14.2. The second-order valence-electron chi connectivity index (χ2n) is 8.58. The lowest BCUT2D eigenvalue weighted by molar-refractivity contribution is -0.139. The van der Waals surface area contributed by atoms with Crippen molar-refractivity contribution in [3.05, 3.63) is 52.8 Å². The van der Waals surface area contributed by atoms with Gasteiger partial charge in [-0.2, -0.15) is 5.10 Å². The van der Waals surface area contributed by atoms with E-state index in [9.17, 15) is 14.4 Å². The number of hydrogen-bond acceptors (Lipinski definition) is 4. The predicted molar refractivity (Wildman–Crippen MR) is 113 cm³/mol. The maximum Gasteiger partial charge on any atom is 0.290 e. The fourth-order valence-corrected chi connectivity index (χ4v) is 3.42. The first kappa shape index (κ1) is 21.5. The predicted octanol–water partition coefficient (Wildman–Crippen LogP) is 2.05. The summed E-state index contributed by atoms with van der Waals surface area (Å²) in [6.45, 7) is 8.67. The van der Waals surface area contributed by atoms with Crippen LogP contribution in [-0.4, -0.2) is 57.2 Å². The van der Waals surface area contributed by atoms with Crippen molar-refractivity contribution in [1.82, 2.24) is 25.1 Å². The van der Waals surface area contributed by atoms with E-state index < -0.39 is 0 Å². The zero-order valence-electron chi connectivity index (χ0n) is 18.2. The molecule has 1 fully saturated rings. The quantitative estimate of drug-likeness (QED) is 0.834. The second-order valence-corrected chi connectivity index (χ2v) is 8.58. The molecule has 1 aliphatic heterocycles. The molecule has 1 N–H and O–H groups in total. The standard InChI is InChI=1S/C22H29N5O3/c1-15-9-6-7-10-16(15)20(29)23-14-19(28)26-11-8-12-27(26)21(30)17-13-18(22(2,3)4)24-25(17)5/h6-7,9-10,13H,8,11-12,14H2,1-5H3,(H,23,29). The summed E-state index contributed by atoms with van der Waals surface area (Å²) in [5.41, 5.74) is 2.44. The van der Waals surface area contributed by atoms with Crippen molar-refractivity contribution in [2.45, 2.75) is 39.5 Å². The van der Waals surface area contributed by atoms with Gasteiger partial charge in [0.15, 0.2) is 0 Å². The van der Waals surface area contributed by atoms with Crippen molar-refractivity contribution in [2.24, 2.45) is 7.05 Å². The number of carbonyl (C=O) groups excluding carboxylic acids is 3. The van der Waals surface area contributed by atoms with Crippen molar-refractivity contribution < 1.29 is 14.4 Å². The molecule has 0 radical (unpaired) electrons. The maximum absolute atomic E-state index is 13.1. The van der Waals surface area contributed by atoms with Crippen molar-refractivity contribution >= 4 is 17.7 Å². The van der Waals surface area contributed by atoms with Gasteiger partial charge in [0.25, 0.3) is 17.7 Å². The summed E-state index contributed by atoms with van der Waals surface area (Å²) in [6, 6.07) is 8.98. The number of rotatable bonds is 4. The van der Waals surface area contributed by atoms with E-state index in [0.717, 1.165) is 11.3 Å². The minimum Gasteiger partial charge on any atom is -0.343 e. The Kier molecular flexibility index (Phi) is 5.96. The van der Waals surface area contributed by atoms with Crippen LogP contribution in [0, 0.1) is 6.92 Å². The van der Waals surface area contributed by atoms with Gasteiger partial charge in [0.05, 0.1) is 12.2 Å². The molecule has 8 heteroatoms. The van der Waals surface area contributed by atoms with Crippen LogP contribution in [0.25, 0.3) is 0 Å². The summed E-state index contributed by atoms with van der Waals surface area (Å²) in [5, 5.41) is 9.99. The summed E-state index contributed by atoms with van der Waals surface area (Å²) in [7, 11) is 1.73. The monoisotopic (exact) mass is 411 g/mol. The highest BCUT2D eigenvalue weighted by Crippen LogP contribution is 2.23. The summed E-state index contributed by atoms with van der Waals surface area (Å²) >= 11 is 0. The van der Waals surface area contributed by atoms with Crippen LogP contribution in [0.4, 0.5) is 0 Å². The lowest BCUT2D eigenvalue weighted by Gasteiger charge is -2.28. The zero-order chi connectivity index (χ0) is 22.1. The molecule has 8 nitrogen and oxygen atoms in total. The number of hydrazine groups is 1. The molecule has 2 aromatic rings. The Bertz CT molecular complexity index is 973. The Balaban J connectivity index is 1.69. The molecule has 1 aliphatic rings. The first-order valence-corrected chi connectivity index (χ1v) is 10.1. The average Bonchev–Trinajstić information content (AvgIpc) is 3.32. The summed E-state index contributed by atoms with van der Waals surface area (Å²) in [5.74, 6) is -0.891. The lowest BCUT2D eigenvalue weighted by Crippen LogP contribution is -2.49. The molecule has 0 saturated carbocycles. The number of nitrogens with one attached hydrogen (secondary N) is 1. The van der Waals surface area contributed by atoms with Gasteiger partial charge in [-0.1, -0.05) is 39.0 Å². The Morgan fingerprint density at radius 3 is 2.40 bits per heavy atom. The Morgan fingerprint density at radius 2 is 1.77 bits per heavy atom. The van der Waals surface area contributed by atoms with Crippen molar-refractivity contribution in [2.75, 3.05) is 19.6 Å². The molecule has 0 atom stereocenters. The SMILES string of the molecule is Cc1ccccc1C(=O)NCC(=O)N1CCCN1C(=O)c1cc(C(C)(C)C)nn1C. The third kappa shape index (κ3) is 4.37. The number of nitrogens with zero attached hydrogens (tertiary/aromatic N) is 4. The van der Waals surface area contributed by atoms with E-state index in [2.05, 4.69) is 10.4 Å². The van der Waals surface area contributed by atoms with E-state index in [1.54, 1.807) is 29.9 Å². The topological polar surface area (TPSA) is 87.5 Å². The minimum absolute atomic E-state index is 0.171. The van der Waals surface area contributed by atoms with Crippen LogP contribution in [0.2, 0.25) is 0 Å². The molecule has 30 heavy (non-hydrogen) atoms. The second kappa shape index (κ2) is 8.30. The number of aromatic nitrogens is 2. The van der Waals surface area contributed by atoms with Crippen LogP contribution < -0.4 is 5.32 Å². The Hall–Kier alpha value is -3.16.